The SMILES string of the molecule is C=CCC(N)c1cnns1. The second kappa shape index (κ2) is 3.43. The molecule has 0 radical (unpaired) electrons. The lowest BCUT2D eigenvalue weighted by Gasteiger charge is -2.01. The van der Waals surface area contributed by atoms with Crippen LogP contribution in [0.5, 0.6) is 0 Å². The summed E-state index contributed by atoms with van der Waals surface area (Å²) in [6.45, 7) is 3.59. The van der Waals surface area contributed by atoms with Crippen molar-refractivity contribution in [3.63, 3.8) is 0 Å². The van der Waals surface area contributed by atoms with E-state index in [1.807, 2.05) is 0 Å². The van der Waals surface area contributed by atoms with Crippen molar-refractivity contribution in [3.8, 4) is 0 Å². The molecule has 1 unspecified atom stereocenters. The minimum Gasteiger partial charge on any atom is -0.323 e. The summed E-state index contributed by atoms with van der Waals surface area (Å²) in [7, 11) is 0. The number of nitrogens with zero attached hydrogens (tertiary/aromatic N) is 2. The van der Waals surface area contributed by atoms with Crippen LogP contribution in [-0.4, -0.2) is 9.59 Å². The Morgan fingerprint density at radius 1 is 1.90 bits per heavy atom. The van der Waals surface area contributed by atoms with Gasteiger partial charge in [0, 0.05) is 6.04 Å². The molecule has 1 rings (SSSR count). The lowest BCUT2D eigenvalue weighted by atomic mass is 10.2. The second-order valence-corrected chi connectivity index (χ2v) is 2.77. The van der Waals surface area contributed by atoms with Gasteiger partial charge in [-0.05, 0) is 18.0 Å². The fourth-order valence-electron chi connectivity index (χ4n) is 0.634. The van der Waals surface area contributed by atoms with Gasteiger partial charge in [0.15, 0.2) is 0 Å². The Hall–Kier alpha value is -0.740. The zero-order chi connectivity index (χ0) is 7.40. The third-order valence-electron chi connectivity index (χ3n) is 1.16. The van der Waals surface area contributed by atoms with Crippen molar-refractivity contribution in [2.24, 2.45) is 5.73 Å². The molecule has 1 heterocycles. The first-order valence-corrected chi connectivity index (χ1v) is 3.75. The lowest BCUT2D eigenvalue weighted by Crippen LogP contribution is -2.06. The van der Waals surface area contributed by atoms with Crippen molar-refractivity contribution in [1.29, 1.82) is 0 Å². The summed E-state index contributed by atoms with van der Waals surface area (Å²) in [5.41, 5.74) is 5.71. The van der Waals surface area contributed by atoms with Gasteiger partial charge in [0.05, 0.1) is 11.1 Å². The minimum atomic E-state index is 0.0255. The summed E-state index contributed by atoms with van der Waals surface area (Å²) in [6.07, 6.45) is 4.27. The van der Waals surface area contributed by atoms with Crippen molar-refractivity contribution in [2.75, 3.05) is 0 Å². The van der Waals surface area contributed by atoms with Gasteiger partial charge in [-0.2, -0.15) is 0 Å². The molecule has 0 saturated heterocycles. The highest BCUT2D eigenvalue weighted by atomic mass is 32.1. The molecule has 0 aliphatic heterocycles. The van der Waals surface area contributed by atoms with Crippen LogP contribution < -0.4 is 5.73 Å². The van der Waals surface area contributed by atoms with Crippen molar-refractivity contribution < 1.29 is 0 Å². The molecule has 4 heteroatoms. The zero-order valence-corrected chi connectivity index (χ0v) is 6.34. The first-order valence-electron chi connectivity index (χ1n) is 2.98. The molecule has 0 aromatic carbocycles. The van der Waals surface area contributed by atoms with E-state index >= 15 is 0 Å². The summed E-state index contributed by atoms with van der Waals surface area (Å²) >= 11 is 1.34. The molecule has 1 aromatic heterocycles. The number of nitrogens with two attached hydrogens (primary N) is 1. The Morgan fingerprint density at radius 2 is 2.70 bits per heavy atom. The van der Waals surface area contributed by atoms with E-state index in [2.05, 4.69) is 16.2 Å². The normalized spacial score (nSPS) is 12.9. The smallest absolute Gasteiger partial charge is 0.0669 e. The Balaban J connectivity index is 2.58. The highest BCUT2D eigenvalue weighted by molar-refractivity contribution is 7.05. The first-order chi connectivity index (χ1) is 4.84. The van der Waals surface area contributed by atoms with E-state index in [9.17, 15) is 0 Å². The Morgan fingerprint density at radius 3 is 3.20 bits per heavy atom. The number of rotatable bonds is 3. The van der Waals surface area contributed by atoms with Gasteiger partial charge in [0.1, 0.15) is 0 Å². The molecule has 1 atom stereocenters. The van der Waals surface area contributed by atoms with Crippen LogP contribution in [0.1, 0.15) is 17.3 Å². The third-order valence-corrected chi connectivity index (χ3v) is 1.96. The van der Waals surface area contributed by atoms with Gasteiger partial charge < -0.3 is 5.73 Å². The summed E-state index contributed by atoms with van der Waals surface area (Å²) in [5.74, 6) is 0. The number of hydrogen-bond acceptors (Lipinski definition) is 4. The molecule has 10 heavy (non-hydrogen) atoms. The van der Waals surface area contributed by atoms with Gasteiger partial charge in [-0.1, -0.05) is 10.6 Å². The van der Waals surface area contributed by atoms with Gasteiger partial charge in [-0.25, -0.2) is 0 Å². The molecule has 0 bridgehead atoms. The molecule has 2 N–H and O–H groups in total. The van der Waals surface area contributed by atoms with Crippen molar-refractivity contribution in [2.45, 2.75) is 12.5 Å². The van der Waals surface area contributed by atoms with E-state index in [-0.39, 0.29) is 6.04 Å². The number of aromatic nitrogens is 2. The van der Waals surface area contributed by atoms with E-state index in [0.29, 0.717) is 0 Å². The van der Waals surface area contributed by atoms with E-state index in [4.69, 9.17) is 5.73 Å². The summed E-state index contributed by atoms with van der Waals surface area (Å²) in [4.78, 5) is 1.01. The Labute approximate surface area is 63.7 Å². The molecule has 54 valence electrons. The van der Waals surface area contributed by atoms with Crippen molar-refractivity contribution in [3.05, 3.63) is 23.7 Å². The molecule has 0 aliphatic rings. The fourth-order valence-corrected chi connectivity index (χ4v) is 1.15. The molecule has 0 spiro atoms. The summed E-state index contributed by atoms with van der Waals surface area (Å²) in [6, 6.07) is 0.0255. The summed E-state index contributed by atoms with van der Waals surface area (Å²) < 4.78 is 3.70. The average Bonchev–Trinajstić information content (AvgIpc) is 2.38. The molecule has 0 fully saturated rings. The molecule has 0 saturated carbocycles. The van der Waals surface area contributed by atoms with Gasteiger partial charge in [0.2, 0.25) is 0 Å². The predicted molar refractivity (Wildman–Crippen MR) is 41.7 cm³/mol. The average molecular weight is 155 g/mol. The minimum absolute atomic E-state index is 0.0255. The lowest BCUT2D eigenvalue weighted by molar-refractivity contribution is 0.755. The number of hydrogen-bond donors (Lipinski definition) is 1. The van der Waals surface area contributed by atoms with E-state index in [0.717, 1.165) is 11.3 Å². The highest BCUT2D eigenvalue weighted by Gasteiger charge is 2.04. The predicted octanol–water partition coefficient (Wildman–Crippen LogP) is 1.11. The van der Waals surface area contributed by atoms with Crippen LogP contribution >= 0.6 is 11.5 Å². The standard InChI is InChI=1S/C6H9N3S/c1-2-3-5(7)6-4-8-9-10-6/h2,4-5H,1,3,7H2. The Bertz CT molecular complexity index is 195. The molecule has 0 aliphatic carbocycles. The third kappa shape index (κ3) is 1.62. The first kappa shape index (κ1) is 7.37. The van der Waals surface area contributed by atoms with Crippen LogP contribution in [0.15, 0.2) is 18.9 Å². The van der Waals surface area contributed by atoms with E-state index in [1.54, 1.807) is 12.3 Å². The quantitative estimate of drug-likeness (QED) is 0.665. The molecular formula is C6H9N3S. The molecular weight excluding hydrogens is 146 g/mol. The topological polar surface area (TPSA) is 51.8 Å². The van der Waals surface area contributed by atoms with Gasteiger partial charge in [-0.15, -0.1) is 11.7 Å². The maximum Gasteiger partial charge on any atom is 0.0669 e. The van der Waals surface area contributed by atoms with Crippen LogP contribution in [0.2, 0.25) is 0 Å². The van der Waals surface area contributed by atoms with Crippen LogP contribution in [0, 0.1) is 0 Å². The Kier molecular flexibility index (Phi) is 2.53. The van der Waals surface area contributed by atoms with Crippen molar-refractivity contribution >= 4 is 11.5 Å². The summed E-state index contributed by atoms with van der Waals surface area (Å²) in [5, 5.41) is 3.68. The van der Waals surface area contributed by atoms with Gasteiger partial charge >= 0.3 is 0 Å². The van der Waals surface area contributed by atoms with Crippen molar-refractivity contribution in [1.82, 2.24) is 9.59 Å². The second-order valence-electron chi connectivity index (χ2n) is 1.95. The van der Waals surface area contributed by atoms with Crippen LogP contribution in [0.25, 0.3) is 0 Å². The largest absolute Gasteiger partial charge is 0.323 e. The molecule has 1 aromatic rings. The fraction of sp³-hybridized carbons (Fsp3) is 0.333. The zero-order valence-electron chi connectivity index (χ0n) is 5.53. The maximum atomic E-state index is 5.71. The van der Waals surface area contributed by atoms with Crippen LogP contribution in [0.3, 0.4) is 0 Å². The highest BCUT2D eigenvalue weighted by Crippen LogP contribution is 2.15. The maximum absolute atomic E-state index is 5.71. The van der Waals surface area contributed by atoms with Crippen LogP contribution in [-0.2, 0) is 0 Å². The van der Waals surface area contributed by atoms with Gasteiger partial charge in [-0.3, -0.25) is 0 Å². The van der Waals surface area contributed by atoms with Crippen LogP contribution in [0.4, 0.5) is 0 Å². The van der Waals surface area contributed by atoms with E-state index in [1.165, 1.54) is 11.5 Å². The monoisotopic (exact) mass is 155 g/mol. The molecule has 3 nitrogen and oxygen atoms in total. The molecule has 0 amide bonds. The van der Waals surface area contributed by atoms with Gasteiger partial charge in [0.25, 0.3) is 0 Å². The van der Waals surface area contributed by atoms with E-state index < -0.39 is 0 Å².